The number of rotatable bonds is 4. The van der Waals surface area contributed by atoms with Crippen molar-refractivity contribution in [3.05, 3.63) is 23.9 Å². The van der Waals surface area contributed by atoms with Gasteiger partial charge in [-0.2, -0.15) is 0 Å². The van der Waals surface area contributed by atoms with Gasteiger partial charge in [0.25, 0.3) is 5.91 Å². The van der Waals surface area contributed by atoms with Gasteiger partial charge < -0.3 is 15.1 Å². The van der Waals surface area contributed by atoms with Gasteiger partial charge in [-0.15, -0.1) is 0 Å². The van der Waals surface area contributed by atoms with Gasteiger partial charge in [0.15, 0.2) is 0 Å². The maximum atomic E-state index is 12.3. The van der Waals surface area contributed by atoms with Crippen molar-refractivity contribution in [2.24, 2.45) is 0 Å². The lowest BCUT2D eigenvalue weighted by Crippen LogP contribution is -2.48. The molecular weight excluding hydrogens is 268 g/mol. The lowest BCUT2D eigenvalue weighted by atomic mass is 10.2. The number of likely N-dealkylation sites (N-methyl/N-ethyl adjacent to an activating group) is 1. The first-order valence-corrected chi connectivity index (χ1v) is 7.27. The average molecular weight is 288 g/mol. The first kappa shape index (κ1) is 13.9. The number of nitrogens with one attached hydrogen (secondary N) is 1. The summed E-state index contributed by atoms with van der Waals surface area (Å²) in [6, 6.07) is 3.63. The van der Waals surface area contributed by atoms with Gasteiger partial charge in [0.2, 0.25) is 5.91 Å². The van der Waals surface area contributed by atoms with E-state index in [0.29, 0.717) is 18.4 Å². The van der Waals surface area contributed by atoms with Crippen molar-refractivity contribution in [3.8, 4) is 0 Å². The van der Waals surface area contributed by atoms with Crippen LogP contribution in [0, 0.1) is 0 Å². The van der Waals surface area contributed by atoms with Crippen molar-refractivity contribution in [3.63, 3.8) is 0 Å². The van der Waals surface area contributed by atoms with E-state index in [4.69, 9.17) is 0 Å². The third kappa shape index (κ3) is 2.57. The van der Waals surface area contributed by atoms with Crippen LogP contribution in [0.4, 0.5) is 5.82 Å². The smallest absolute Gasteiger partial charge is 0.253 e. The maximum absolute atomic E-state index is 12.3. The molecule has 6 nitrogen and oxygen atoms in total. The quantitative estimate of drug-likeness (QED) is 0.883. The molecule has 1 aromatic heterocycles. The first-order valence-electron chi connectivity index (χ1n) is 7.27. The van der Waals surface area contributed by atoms with Crippen molar-refractivity contribution in [1.29, 1.82) is 0 Å². The summed E-state index contributed by atoms with van der Waals surface area (Å²) >= 11 is 0. The van der Waals surface area contributed by atoms with E-state index in [1.807, 2.05) is 6.07 Å². The highest BCUT2D eigenvalue weighted by Crippen LogP contribution is 2.37. The highest BCUT2D eigenvalue weighted by molar-refractivity contribution is 6.00. The Morgan fingerprint density at radius 2 is 2.00 bits per heavy atom. The van der Waals surface area contributed by atoms with Crippen LogP contribution in [0.15, 0.2) is 18.3 Å². The molecule has 1 aromatic rings. The number of amides is 2. The van der Waals surface area contributed by atoms with Crippen molar-refractivity contribution in [2.45, 2.75) is 24.8 Å². The highest BCUT2D eigenvalue weighted by atomic mass is 16.2. The monoisotopic (exact) mass is 288 g/mol. The molecule has 1 saturated carbocycles. The third-order valence-corrected chi connectivity index (χ3v) is 4.11. The molecule has 0 spiro atoms. The van der Waals surface area contributed by atoms with Crippen LogP contribution in [0.1, 0.15) is 29.6 Å². The molecule has 112 valence electrons. The Bertz CT molecular complexity index is 560. The SMILES string of the molecule is CN(C)C(=O)C1(NC(=O)c2ccc(N3CCC3)nc2)CC1. The Morgan fingerprint density at radius 3 is 2.43 bits per heavy atom. The van der Waals surface area contributed by atoms with E-state index in [1.165, 1.54) is 11.3 Å². The number of pyridine rings is 1. The van der Waals surface area contributed by atoms with Crippen LogP contribution < -0.4 is 10.2 Å². The van der Waals surface area contributed by atoms with E-state index < -0.39 is 5.54 Å². The molecule has 0 radical (unpaired) electrons. The number of carbonyl (C=O) groups is 2. The van der Waals surface area contributed by atoms with Crippen LogP contribution in [0.3, 0.4) is 0 Å². The lowest BCUT2D eigenvalue weighted by molar-refractivity contribution is -0.131. The highest BCUT2D eigenvalue weighted by Gasteiger charge is 2.52. The van der Waals surface area contributed by atoms with Gasteiger partial charge in [-0.3, -0.25) is 9.59 Å². The van der Waals surface area contributed by atoms with Crippen LogP contribution in [0.5, 0.6) is 0 Å². The van der Waals surface area contributed by atoms with Gasteiger partial charge in [0.1, 0.15) is 11.4 Å². The summed E-state index contributed by atoms with van der Waals surface area (Å²) < 4.78 is 0. The zero-order valence-electron chi connectivity index (χ0n) is 12.4. The molecule has 3 rings (SSSR count). The fourth-order valence-corrected chi connectivity index (χ4v) is 2.49. The minimum atomic E-state index is -0.698. The van der Waals surface area contributed by atoms with Crippen molar-refractivity contribution >= 4 is 17.6 Å². The molecule has 1 aliphatic heterocycles. The number of nitrogens with zero attached hydrogens (tertiary/aromatic N) is 3. The van der Waals surface area contributed by atoms with Gasteiger partial charge in [0, 0.05) is 33.4 Å². The standard InChI is InChI=1S/C15H20N4O2/c1-18(2)14(21)15(6-7-15)17-13(20)11-4-5-12(16-10-11)19-8-3-9-19/h4-5,10H,3,6-9H2,1-2H3,(H,17,20). The number of aromatic nitrogens is 1. The molecule has 0 unspecified atom stereocenters. The van der Waals surface area contributed by atoms with E-state index in [9.17, 15) is 9.59 Å². The van der Waals surface area contributed by atoms with Gasteiger partial charge in [0.05, 0.1) is 5.56 Å². The second-order valence-electron chi connectivity index (χ2n) is 5.98. The van der Waals surface area contributed by atoms with E-state index in [-0.39, 0.29) is 11.8 Å². The second-order valence-corrected chi connectivity index (χ2v) is 5.98. The zero-order valence-corrected chi connectivity index (χ0v) is 12.4. The molecular formula is C15H20N4O2. The molecule has 2 amide bonds. The Balaban J connectivity index is 1.66. The summed E-state index contributed by atoms with van der Waals surface area (Å²) in [7, 11) is 3.41. The molecule has 0 aromatic carbocycles. The van der Waals surface area contributed by atoms with Crippen LogP contribution in [-0.2, 0) is 4.79 Å². The number of hydrogen-bond donors (Lipinski definition) is 1. The van der Waals surface area contributed by atoms with Gasteiger partial charge in [-0.25, -0.2) is 4.98 Å². The van der Waals surface area contributed by atoms with E-state index in [0.717, 1.165) is 18.9 Å². The van der Waals surface area contributed by atoms with Crippen molar-refractivity contribution in [2.75, 3.05) is 32.1 Å². The fraction of sp³-hybridized carbons (Fsp3) is 0.533. The summed E-state index contributed by atoms with van der Waals surface area (Å²) in [6.07, 6.45) is 4.18. The second kappa shape index (κ2) is 5.02. The molecule has 2 aliphatic rings. The third-order valence-electron chi connectivity index (χ3n) is 4.11. The molecule has 1 N–H and O–H groups in total. The van der Waals surface area contributed by atoms with Gasteiger partial charge in [-0.05, 0) is 31.4 Å². The zero-order chi connectivity index (χ0) is 15.0. The number of hydrogen-bond acceptors (Lipinski definition) is 4. The first-order chi connectivity index (χ1) is 10.0. The Morgan fingerprint density at radius 1 is 1.29 bits per heavy atom. The Hall–Kier alpha value is -2.11. The predicted molar refractivity (Wildman–Crippen MR) is 79.2 cm³/mol. The Kier molecular flexibility index (Phi) is 3.31. The predicted octanol–water partition coefficient (Wildman–Crippen LogP) is 0.642. The summed E-state index contributed by atoms with van der Waals surface area (Å²) in [5.74, 6) is 0.634. The van der Waals surface area contributed by atoms with Gasteiger partial charge >= 0.3 is 0 Å². The van der Waals surface area contributed by atoms with Crippen molar-refractivity contribution in [1.82, 2.24) is 15.2 Å². The van der Waals surface area contributed by atoms with E-state index in [2.05, 4.69) is 15.2 Å². The fourth-order valence-electron chi connectivity index (χ4n) is 2.49. The average Bonchev–Trinajstić information content (AvgIpc) is 3.17. The lowest BCUT2D eigenvalue weighted by Gasteiger charge is -2.31. The van der Waals surface area contributed by atoms with Crippen LogP contribution in [0.2, 0.25) is 0 Å². The Labute approximate surface area is 124 Å². The van der Waals surface area contributed by atoms with E-state index in [1.54, 1.807) is 26.4 Å². The molecule has 1 saturated heterocycles. The largest absolute Gasteiger partial charge is 0.356 e. The summed E-state index contributed by atoms with van der Waals surface area (Å²) in [4.78, 5) is 32.3. The minimum Gasteiger partial charge on any atom is -0.356 e. The molecule has 0 bridgehead atoms. The summed E-state index contributed by atoms with van der Waals surface area (Å²) in [5.41, 5.74) is -0.200. The van der Waals surface area contributed by atoms with Crippen LogP contribution in [0.25, 0.3) is 0 Å². The number of anilines is 1. The number of carbonyl (C=O) groups excluding carboxylic acids is 2. The van der Waals surface area contributed by atoms with Crippen LogP contribution in [-0.4, -0.2) is 54.4 Å². The molecule has 1 aliphatic carbocycles. The maximum Gasteiger partial charge on any atom is 0.253 e. The van der Waals surface area contributed by atoms with Gasteiger partial charge in [-0.1, -0.05) is 0 Å². The summed E-state index contributed by atoms with van der Waals surface area (Å²) in [6.45, 7) is 2.05. The van der Waals surface area contributed by atoms with E-state index >= 15 is 0 Å². The topological polar surface area (TPSA) is 65.5 Å². The molecule has 21 heavy (non-hydrogen) atoms. The molecule has 2 heterocycles. The van der Waals surface area contributed by atoms with Crippen molar-refractivity contribution < 1.29 is 9.59 Å². The summed E-state index contributed by atoms with van der Waals surface area (Å²) in [5, 5.41) is 2.86. The molecule has 6 heteroatoms. The minimum absolute atomic E-state index is 0.0407. The normalized spacial score (nSPS) is 18.7. The molecule has 0 atom stereocenters. The van der Waals surface area contributed by atoms with Crippen LogP contribution >= 0.6 is 0 Å². The molecule has 2 fully saturated rings.